The van der Waals surface area contributed by atoms with Crippen molar-refractivity contribution >= 4 is 11.9 Å². The van der Waals surface area contributed by atoms with Crippen LogP contribution >= 0.6 is 0 Å². The molecule has 0 saturated heterocycles. The van der Waals surface area contributed by atoms with Gasteiger partial charge in [0, 0.05) is 19.3 Å². The van der Waals surface area contributed by atoms with Crippen LogP contribution in [0.3, 0.4) is 0 Å². The average Bonchev–Trinajstić information content (AvgIpc) is 2.90. The second-order valence-corrected chi connectivity index (χ2v) is 8.59. The van der Waals surface area contributed by atoms with E-state index in [0.717, 1.165) is 32.1 Å². The monoisotopic (exact) mass is 356 g/mol. The quantitative estimate of drug-likeness (QED) is 0.582. The molecule has 4 rings (SSSR count). The zero-order chi connectivity index (χ0) is 18.5. The molecule has 0 aliphatic heterocycles. The molecule has 0 aromatic heterocycles. The number of hydrogen-bond acceptors (Lipinski definition) is 4. The van der Waals surface area contributed by atoms with Gasteiger partial charge >= 0.3 is 11.9 Å². The van der Waals surface area contributed by atoms with Crippen LogP contribution in [0.1, 0.15) is 69.9 Å². The number of benzene rings is 1. The summed E-state index contributed by atoms with van der Waals surface area (Å²) in [5.41, 5.74) is 2.90. The number of ether oxygens (including phenoxy) is 2. The zero-order valence-corrected chi connectivity index (χ0v) is 15.9. The number of esters is 2. The fraction of sp³-hybridized carbons (Fsp3) is 0.636. The predicted molar refractivity (Wildman–Crippen MR) is 97.9 cm³/mol. The van der Waals surface area contributed by atoms with Crippen molar-refractivity contribution in [3.8, 4) is 5.75 Å². The third-order valence-electron chi connectivity index (χ3n) is 7.18. The molecule has 0 heterocycles. The molecular weight excluding hydrogens is 328 g/mol. The fourth-order valence-corrected chi connectivity index (χ4v) is 6.13. The average molecular weight is 356 g/mol. The van der Waals surface area contributed by atoms with Crippen LogP contribution in [-0.2, 0) is 20.7 Å². The first-order valence-corrected chi connectivity index (χ1v) is 9.87. The van der Waals surface area contributed by atoms with E-state index in [4.69, 9.17) is 9.47 Å². The van der Waals surface area contributed by atoms with E-state index in [2.05, 4.69) is 19.1 Å². The van der Waals surface area contributed by atoms with Crippen LogP contribution in [0.15, 0.2) is 18.2 Å². The summed E-state index contributed by atoms with van der Waals surface area (Å²) in [5, 5.41) is 0. The van der Waals surface area contributed by atoms with E-state index < -0.39 is 0 Å². The minimum Gasteiger partial charge on any atom is -0.462 e. The summed E-state index contributed by atoms with van der Waals surface area (Å²) in [6.45, 7) is 5.31. The van der Waals surface area contributed by atoms with Crippen LogP contribution in [0.4, 0.5) is 0 Å². The van der Waals surface area contributed by atoms with Gasteiger partial charge in [0.25, 0.3) is 0 Å². The lowest BCUT2D eigenvalue weighted by atomic mass is 9.55. The highest BCUT2D eigenvalue weighted by atomic mass is 16.5. The van der Waals surface area contributed by atoms with Crippen LogP contribution in [0.5, 0.6) is 5.75 Å². The summed E-state index contributed by atoms with van der Waals surface area (Å²) in [6.07, 6.45) is 6.72. The fourth-order valence-electron chi connectivity index (χ4n) is 6.13. The smallest absolute Gasteiger partial charge is 0.308 e. The summed E-state index contributed by atoms with van der Waals surface area (Å²) in [5.74, 6) is 2.12. The number of carbonyl (C=O) groups excluding carboxylic acids is 2. The van der Waals surface area contributed by atoms with Gasteiger partial charge in [0.05, 0.1) is 0 Å². The molecule has 0 spiro atoms. The third kappa shape index (κ3) is 2.83. The van der Waals surface area contributed by atoms with E-state index >= 15 is 0 Å². The second-order valence-electron chi connectivity index (χ2n) is 8.59. The highest BCUT2D eigenvalue weighted by Crippen LogP contribution is 2.61. The molecule has 3 aliphatic rings. The Hall–Kier alpha value is -1.84. The van der Waals surface area contributed by atoms with Crippen molar-refractivity contribution in [3.05, 3.63) is 29.3 Å². The maximum atomic E-state index is 11.5. The molecule has 3 aliphatic carbocycles. The van der Waals surface area contributed by atoms with Gasteiger partial charge in [-0.2, -0.15) is 0 Å². The molecule has 0 unspecified atom stereocenters. The van der Waals surface area contributed by atoms with Crippen LogP contribution in [0.25, 0.3) is 0 Å². The summed E-state index contributed by atoms with van der Waals surface area (Å²) >= 11 is 0. The first-order chi connectivity index (χ1) is 12.4. The second kappa shape index (κ2) is 6.40. The van der Waals surface area contributed by atoms with Crippen LogP contribution < -0.4 is 4.74 Å². The molecular formula is C22H28O4. The maximum Gasteiger partial charge on any atom is 0.308 e. The number of carbonyl (C=O) groups is 2. The molecule has 140 valence electrons. The van der Waals surface area contributed by atoms with Crippen molar-refractivity contribution in [2.24, 2.45) is 17.3 Å². The van der Waals surface area contributed by atoms with Crippen molar-refractivity contribution in [2.75, 3.05) is 0 Å². The first-order valence-electron chi connectivity index (χ1n) is 9.87. The minimum absolute atomic E-state index is 0.0821. The molecule has 0 bridgehead atoms. The Bertz CT molecular complexity index is 740. The van der Waals surface area contributed by atoms with E-state index in [1.54, 1.807) is 0 Å². The number of rotatable bonds is 2. The zero-order valence-electron chi connectivity index (χ0n) is 15.9. The van der Waals surface area contributed by atoms with Gasteiger partial charge in [-0.15, -0.1) is 0 Å². The number of aryl methyl sites for hydroxylation is 1. The van der Waals surface area contributed by atoms with Gasteiger partial charge in [0.15, 0.2) is 0 Å². The van der Waals surface area contributed by atoms with E-state index in [1.807, 2.05) is 6.07 Å². The molecule has 4 nitrogen and oxygen atoms in total. The van der Waals surface area contributed by atoms with E-state index in [-0.39, 0.29) is 23.5 Å². The van der Waals surface area contributed by atoms with Gasteiger partial charge in [-0.3, -0.25) is 9.59 Å². The van der Waals surface area contributed by atoms with Crippen LogP contribution in [0.2, 0.25) is 0 Å². The van der Waals surface area contributed by atoms with Gasteiger partial charge in [-0.25, -0.2) is 0 Å². The normalized spacial score (nSPS) is 35.0. The Morgan fingerprint density at radius 2 is 1.88 bits per heavy atom. The number of fused-ring (bicyclic) bond motifs is 5. The van der Waals surface area contributed by atoms with Gasteiger partial charge in [-0.05, 0) is 79.5 Å². The summed E-state index contributed by atoms with van der Waals surface area (Å²) in [7, 11) is 0. The Labute approximate surface area is 155 Å². The van der Waals surface area contributed by atoms with Crippen LogP contribution in [-0.4, -0.2) is 18.0 Å². The van der Waals surface area contributed by atoms with Gasteiger partial charge in [-0.1, -0.05) is 13.0 Å². The third-order valence-corrected chi connectivity index (χ3v) is 7.18. The highest BCUT2D eigenvalue weighted by molar-refractivity contribution is 5.69. The lowest BCUT2D eigenvalue weighted by Gasteiger charge is -2.50. The van der Waals surface area contributed by atoms with Gasteiger partial charge < -0.3 is 9.47 Å². The van der Waals surface area contributed by atoms with Crippen molar-refractivity contribution in [2.45, 2.75) is 71.3 Å². The molecule has 0 N–H and O–H groups in total. The van der Waals surface area contributed by atoms with Crippen molar-refractivity contribution in [3.63, 3.8) is 0 Å². The van der Waals surface area contributed by atoms with E-state index in [0.29, 0.717) is 23.5 Å². The Balaban J connectivity index is 1.58. The summed E-state index contributed by atoms with van der Waals surface area (Å²) in [6, 6.07) is 6.16. The van der Waals surface area contributed by atoms with Crippen molar-refractivity contribution in [1.29, 1.82) is 0 Å². The maximum absolute atomic E-state index is 11.5. The van der Waals surface area contributed by atoms with Gasteiger partial charge in [0.2, 0.25) is 0 Å². The highest BCUT2D eigenvalue weighted by Gasteiger charge is 2.56. The van der Waals surface area contributed by atoms with E-state index in [9.17, 15) is 9.59 Å². The molecule has 0 amide bonds. The van der Waals surface area contributed by atoms with E-state index in [1.165, 1.54) is 31.4 Å². The lowest BCUT2D eigenvalue weighted by molar-refractivity contribution is -0.154. The summed E-state index contributed by atoms with van der Waals surface area (Å²) in [4.78, 5) is 22.7. The minimum atomic E-state index is -0.269. The Morgan fingerprint density at radius 1 is 1.08 bits per heavy atom. The van der Waals surface area contributed by atoms with Crippen molar-refractivity contribution < 1.29 is 19.1 Å². The van der Waals surface area contributed by atoms with Crippen LogP contribution in [0, 0.1) is 17.3 Å². The van der Waals surface area contributed by atoms with Gasteiger partial charge in [0.1, 0.15) is 11.9 Å². The Kier molecular flexibility index (Phi) is 4.32. The largest absolute Gasteiger partial charge is 0.462 e. The summed E-state index contributed by atoms with van der Waals surface area (Å²) < 4.78 is 11.0. The molecule has 1 aromatic carbocycles. The first kappa shape index (κ1) is 17.6. The Morgan fingerprint density at radius 3 is 2.62 bits per heavy atom. The molecule has 1 aromatic rings. The molecule has 4 heteroatoms. The molecule has 0 radical (unpaired) electrons. The standard InChI is InChI=1S/C22H28O4/c1-13(23)25-16-5-7-17-15(12-16)4-6-19-18(17)10-11-22(3)20(19)8-9-21(22)26-14(2)24/h5,7,12,18-21H,4,6,8-11H2,1-3H3/t18-,19-,20+,21-,22+/m0/s1. The molecule has 2 saturated carbocycles. The molecule has 26 heavy (non-hydrogen) atoms. The predicted octanol–water partition coefficient (Wildman–Crippen LogP) is 4.40. The lowest BCUT2D eigenvalue weighted by Crippen LogP contribution is -2.45. The van der Waals surface area contributed by atoms with Crippen molar-refractivity contribution in [1.82, 2.24) is 0 Å². The SMILES string of the molecule is CC(=O)Oc1ccc2c(c1)CC[C@@H]1[C@H]3CC[C@H](OC(C)=O)[C@]3(C)CC[C@@H]21. The molecule has 2 fully saturated rings. The molecule has 5 atom stereocenters. The topological polar surface area (TPSA) is 52.6 Å². The number of hydrogen-bond donors (Lipinski definition) is 0.